The summed E-state index contributed by atoms with van der Waals surface area (Å²) in [4.78, 5) is 8.46. The van der Waals surface area contributed by atoms with Crippen molar-refractivity contribution in [3.8, 4) is 5.75 Å². The molecular weight excluding hydrogens is 268 g/mol. The third-order valence-corrected chi connectivity index (χ3v) is 3.59. The van der Waals surface area contributed by atoms with Crippen molar-refractivity contribution in [3.63, 3.8) is 0 Å². The molecule has 0 spiro atoms. The average Bonchev–Trinajstić information content (AvgIpc) is 2.80. The van der Waals surface area contributed by atoms with Crippen LogP contribution >= 0.6 is 0 Å². The summed E-state index contributed by atoms with van der Waals surface area (Å²) in [6.45, 7) is 5.38. The number of ether oxygens (including phenoxy) is 1. The number of hydrogen-bond acceptors (Lipinski definition) is 5. The number of unbranched alkanes of at least 4 members (excludes halogenated alkanes) is 2. The molecule has 0 radical (unpaired) electrons. The molecule has 6 heteroatoms. The van der Waals surface area contributed by atoms with Gasteiger partial charge in [-0.1, -0.05) is 26.7 Å². The normalized spacial score (nSPS) is 11.2. The van der Waals surface area contributed by atoms with Gasteiger partial charge in [0.05, 0.1) is 12.3 Å². The molecule has 6 nitrogen and oxygen atoms in total. The quantitative estimate of drug-likeness (QED) is 0.728. The van der Waals surface area contributed by atoms with Crippen molar-refractivity contribution in [2.24, 2.45) is 0 Å². The van der Waals surface area contributed by atoms with E-state index in [1.54, 1.807) is 0 Å². The first-order valence-electron chi connectivity index (χ1n) is 7.59. The maximum atomic E-state index is 9.02. The Morgan fingerprint density at radius 3 is 2.76 bits per heavy atom. The van der Waals surface area contributed by atoms with Crippen LogP contribution in [0.5, 0.6) is 5.75 Å². The fourth-order valence-corrected chi connectivity index (χ4v) is 2.62. The zero-order valence-electron chi connectivity index (χ0n) is 12.8. The molecule has 0 saturated carbocycles. The highest BCUT2D eigenvalue weighted by Crippen LogP contribution is 2.35. The Morgan fingerprint density at radius 2 is 2.10 bits per heavy atom. The number of aryl methyl sites for hydroxylation is 1. The molecule has 116 valence electrons. The Morgan fingerprint density at radius 1 is 1.29 bits per heavy atom. The minimum absolute atomic E-state index is 0.0285. The van der Waals surface area contributed by atoms with Crippen LogP contribution in [0.2, 0.25) is 0 Å². The van der Waals surface area contributed by atoms with E-state index in [2.05, 4.69) is 28.4 Å². The van der Waals surface area contributed by atoms with Gasteiger partial charge in [0.1, 0.15) is 29.8 Å². The highest BCUT2D eigenvalue weighted by Gasteiger charge is 2.20. The third kappa shape index (κ3) is 3.10. The van der Waals surface area contributed by atoms with Crippen LogP contribution in [0.25, 0.3) is 11.0 Å². The van der Waals surface area contributed by atoms with Crippen LogP contribution < -0.4 is 10.5 Å². The number of aliphatic hydroxyl groups excluding tert-OH is 1. The van der Waals surface area contributed by atoms with Crippen LogP contribution in [0.4, 0.5) is 5.82 Å². The molecule has 3 N–H and O–H groups in total. The second-order valence-electron chi connectivity index (χ2n) is 5.02. The zero-order valence-corrected chi connectivity index (χ0v) is 12.8. The monoisotopic (exact) mass is 292 g/mol. The Labute approximate surface area is 125 Å². The molecule has 21 heavy (non-hydrogen) atoms. The number of fused-ring (bicyclic) bond motifs is 1. The molecule has 0 aliphatic heterocycles. The molecule has 2 aromatic heterocycles. The highest BCUT2D eigenvalue weighted by atomic mass is 16.5. The summed E-state index contributed by atoms with van der Waals surface area (Å²) in [5, 5.41) is 9.78. The third-order valence-electron chi connectivity index (χ3n) is 3.59. The average molecular weight is 292 g/mol. The van der Waals surface area contributed by atoms with Gasteiger partial charge in [0, 0.05) is 6.54 Å². The van der Waals surface area contributed by atoms with E-state index in [1.807, 2.05) is 0 Å². The van der Waals surface area contributed by atoms with Crippen molar-refractivity contribution in [2.45, 2.75) is 46.1 Å². The van der Waals surface area contributed by atoms with Gasteiger partial charge in [-0.15, -0.1) is 0 Å². The second kappa shape index (κ2) is 7.26. The smallest absolute Gasteiger partial charge is 0.153 e. The molecule has 0 unspecified atom stereocenters. The number of nitrogen functional groups attached to an aromatic ring is 1. The van der Waals surface area contributed by atoms with Crippen LogP contribution in [0, 0.1) is 0 Å². The van der Waals surface area contributed by atoms with E-state index in [9.17, 15) is 0 Å². The summed E-state index contributed by atoms with van der Waals surface area (Å²) in [6.07, 6.45) is 5.75. The molecule has 0 aromatic carbocycles. The largest absolute Gasteiger partial charge is 0.488 e. The van der Waals surface area contributed by atoms with Crippen molar-refractivity contribution >= 4 is 16.9 Å². The van der Waals surface area contributed by atoms with Crippen molar-refractivity contribution in [1.82, 2.24) is 14.5 Å². The zero-order chi connectivity index (χ0) is 15.2. The highest BCUT2D eigenvalue weighted by molar-refractivity contribution is 5.94. The van der Waals surface area contributed by atoms with Gasteiger partial charge in [-0.25, -0.2) is 9.97 Å². The summed E-state index contributed by atoms with van der Waals surface area (Å²) in [5.74, 6) is 1.15. The maximum absolute atomic E-state index is 9.02. The van der Waals surface area contributed by atoms with Crippen LogP contribution in [0.15, 0.2) is 6.33 Å². The lowest BCUT2D eigenvalue weighted by Gasteiger charge is -2.10. The Kier molecular flexibility index (Phi) is 5.38. The molecular formula is C15H24N4O2. The summed E-state index contributed by atoms with van der Waals surface area (Å²) >= 11 is 0. The molecule has 2 rings (SSSR count). The SMILES string of the molecule is CCCCCn1c(CC)c(OCCO)c2c(N)ncnc21. The first-order chi connectivity index (χ1) is 10.2. The molecule has 0 bridgehead atoms. The van der Waals surface area contributed by atoms with Gasteiger partial charge in [0.2, 0.25) is 0 Å². The Balaban J connectivity index is 2.51. The van der Waals surface area contributed by atoms with E-state index < -0.39 is 0 Å². The van der Waals surface area contributed by atoms with Crippen LogP contribution in [-0.2, 0) is 13.0 Å². The second-order valence-corrected chi connectivity index (χ2v) is 5.02. The van der Waals surface area contributed by atoms with Crippen molar-refractivity contribution in [3.05, 3.63) is 12.0 Å². The van der Waals surface area contributed by atoms with Gasteiger partial charge in [-0.05, 0) is 12.8 Å². The number of aromatic nitrogens is 3. The summed E-state index contributed by atoms with van der Waals surface area (Å²) in [6, 6.07) is 0. The molecule has 0 aliphatic rings. The maximum Gasteiger partial charge on any atom is 0.153 e. The summed E-state index contributed by atoms with van der Waals surface area (Å²) < 4.78 is 7.90. The van der Waals surface area contributed by atoms with E-state index in [-0.39, 0.29) is 13.2 Å². The number of hydrogen-bond donors (Lipinski definition) is 2. The van der Waals surface area contributed by atoms with E-state index in [0.29, 0.717) is 5.82 Å². The van der Waals surface area contributed by atoms with Crippen LogP contribution in [0.1, 0.15) is 38.8 Å². The van der Waals surface area contributed by atoms with Gasteiger partial charge in [0.25, 0.3) is 0 Å². The predicted molar refractivity (Wildman–Crippen MR) is 83.4 cm³/mol. The Bertz CT molecular complexity index is 595. The van der Waals surface area contributed by atoms with Gasteiger partial charge in [-0.2, -0.15) is 0 Å². The summed E-state index contributed by atoms with van der Waals surface area (Å²) in [5.41, 5.74) is 7.91. The van der Waals surface area contributed by atoms with E-state index in [1.165, 1.54) is 19.2 Å². The van der Waals surface area contributed by atoms with Gasteiger partial charge >= 0.3 is 0 Å². The minimum Gasteiger partial charge on any atom is -0.488 e. The van der Waals surface area contributed by atoms with Crippen LogP contribution in [-0.4, -0.2) is 32.9 Å². The lowest BCUT2D eigenvalue weighted by molar-refractivity contribution is 0.201. The first-order valence-corrected chi connectivity index (χ1v) is 7.59. The van der Waals surface area contributed by atoms with Crippen LogP contribution in [0.3, 0.4) is 0 Å². The number of aliphatic hydroxyl groups is 1. The number of nitrogens with two attached hydrogens (primary N) is 1. The minimum atomic E-state index is -0.0285. The molecule has 0 atom stereocenters. The van der Waals surface area contributed by atoms with Gasteiger partial charge in [-0.3, -0.25) is 0 Å². The van der Waals surface area contributed by atoms with Crippen molar-refractivity contribution in [2.75, 3.05) is 18.9 Å². The van der Waals surface area contributed by atoms with E-state index >= 15 is 0 Å². The Hall–Kier alpha value is -1.82. The lowest BCUT2D eigenvalue weighted by Crippen LogP contribution is -2.06. The van der Waals surface area contributed by atoms with Crippen molar-refractivity contribution < 1.29 is 9.84 Å². The molecule has 0 amide bonds. The first kappa shape index (κ1) is 15.6. The topological polar surface area (TPSA) is 86.2 Å². The molecule has 2 aromatic rings. The number of rotatable bonds is 8. The van der Waals surface area contributed by atoms with Crippen molar-refractivity contribution in [1.29, 1.82) is 0 Å². The fourth-order valence-electron chi connectivity index (χ4n) is 2.62. The number of anilines is 1. The molecule has 0 aliphatic carbocycles. The van der Waals surface area contributed by atoms with E-state index in [4.69, 9.17) is 15.6 Å². The fraction of sp³-hybridized carbons (Fsp3) is 0.600. The lowest BCUT2D eigenvalue weighted by atomic mass is 10.2. The van der Waals surface area contributed by atoms with Gasteiger partial charge < -0.3 is 20.1 Å². The van der Waals surface area contributed by atoms with Gasteiger partial charge in [0.15, 0.2) is 5.75 Å². The standard InChI is InChI=1S/C15H24N4O2/c1-3-5-6-7-19-11(4-2)13(21-9-8-20)12-14(16)17-10-18-15(12)19/h10,20H,3-9H2,1-2H3,(H2,16,17,18). The number of nitrogens with zero attached hydrogens (tertiary/aromatic N) is 3. The summed E-state index contributed by atoms with van der Waals surface area (Å²) in [7, 11) is 0. The molecule has 2 heterocycles. The predicted octanol–water partition coefficient (Wildman–Crippen LogP) is 2.14. The molecule has 0 fully saturated rings. The van der Waals surface area contributed by atoms with E-state index in [0.717, 1.165) is 41.9 Å². The molecule has 0 saturated heterocycles.